The molecule has 2 rings (SSSR count). The van der Waals surface area contributed by atoms with Crippen LogP contribution >= 0.6 is 15.9 Å². The zero-order chi connectivity index (χ0) is 14.0. The van der Waals surface area contributed by atoms with Crippen LogP contribution in [-0.4, -0.2) is 33.8 Å². The number of nitrogens with two attached hydrogens (primary N) is 1. The van der Waals surface area contributed by atoms with Gasteiger partial charge in [0.15, 0.2) is 0 Å². The van der Waals surface area contributed by atoms with E-state index in [1.807, 2.05) is 0 Å². The maximum atomic E-state index is 6.09. The van der Waals surface area contributed by atoms with Crippen molar-refractivity contribution in [1.29, 1.82) is 0 Å². The van der Waals surface area contributed by atoms with Gasteiger partial charge in [0.25, 0.3) is 0 Å². The van der Waals surface area contributed by atoms with Crippen LogP contribution in [0.1, 0.15) is 38.6 Å². The molecule has 19 heavy (non-hydrogen) atoms. The number of hydrogen-bond acceptors (Lipinski definition) is 3. The number of aromatic nitrogens is 2. The first-order valence-corrected chi connectivity index (χ1v) is 8.08. The largest absolute Gasteiger partial charge is 0.327 e. The van der Waals surface area contributed by atoms with Gasteiger partial charge in [-0.05, 0) is 41.6 Å². The summed E-state index contributed by atoms with van der Waals surface area (Å²) in [6.45, 7) is 10.6. The van der Waals surface area contributed by atoms with Crippen LogP contribution in [0.3, 0.4) is 0 Å². The third-order valence-corrected chi connectivity index (χ3v) is 5.04. The van der Waals surface area contributed by atoms with Crippen molar-refractivity contribution in [2.45, 2.75) is 52.7 Å². The second-order valence-corrected chi connectivity index (χ2v) is 6.33. The average Bonchev–Trinajstić information content (AvgIpc) is 2.70. The van der Waals surface area contributed by atoms with Crippen LogP contribution in [0.4, 0.5) is 0 Å². The van der Waals surface area contributed by atoms with E-state index >= 15 is 0 Å². The molecule has 0 radical (unpaired) electrons. The SMILES string of the molecule is CCc1nn(CC)c(CN2CCC(N)C(C)C2)c1Br. The van der Waals surface area contributed by atoms with Crippen molar-refractivity contribution in [2.24, 2.45) is 11.7 Å². The zero-order valence-corrected chi connectivity index (χ0v) is 13.8. The van der Waals surface area contributed by atoms with Gasteiger partial charge < -0.3 is 5.73 Å². The molecule has 1 aliphatic rings. The summed E-state index contributed by atoms with van der Waals surface area (Å²) in [6, 6.07) is 0.363. The summed E-state index contributed by atoms with van der Waals surface area (Å²) in [5, 5.41) is 4.66. The summed E-state index contributed by atoms with van der Waals surface area (Å²) in [5.74, 6) is 0.580. The summed E-state index contributed by atoms with van der Waals surface area (Å²) in [6.07, 6.45) is 2.07. The number of halogens is 1. The number of aryl methyl sites for hydroxylation is 2. The molecular weight excluding hydrogens is 304 g/mol. The molecule has 5 heteroatoms. The van der Waals surface area contributed by atoms with E-state index in [-0.39, 0.29) is 0 Å². The summed E-state index contributed by atoms with van der Waals surface area (Å²) < 4.78 is 3.32. The molecule has 4 nitrogen and oxygen atoms in total. The fraction of sp³-hybridized carbons (Fsp3) is 0.786. The molecule has 1 aromatic heterocycles. The van der Waals surface area contributed by atoms with Gasteiger partial charge in [-0.2, -0.15) is 5.10 Å². The van der Waals surface area contributed by atoms with E-state index in [9.17, 15) is 0 Å². The molecule has 1 saturated heterocycles. The van der Waals surface area contributed by atoms with Gasteiger partial charge in [0.05, 0.1) is 15.9 Å². The summed E-state index contributed by atoms with van der Waals surface area (Å²) in [5.41, 5.74) is 8.56. The maximum Gasteiger partial charge on any atom is 0.0767 e. The Labute approximate surface area is 124 Å². The van der Waals surface area contributed by atoms with Crippen molar-refractivity contribution in [2.75, 3.05) is 13.1 Å². The molecule has 0 bridgehead atoms. The van der Waals surface area contributed by atoms with Crippen LogP contribution in [0.2, 0.25) is 0 Å². The normalized spacial score (nSPS) is 24.9. The molecule has 1 aliphatic heterocycles. The van der Waals surface area contributed by atoms with Crippen molar-refractivity contribution in [3.8, 4) is 0 Å². The van der Waals surface area contributed by atoms with Crippen LogP contribution in [0, 0.1) is 5.92 Å². The molecule has 2 atom stereocenters. The van der Waals surface area contributed by atoms with E-state index in [1.54, 1.807) is 0 Å². The highest BCUT2D eigenvalue weighted by atomic mass is 79.9. The van der Waals surface area contributed by atoms with E-state index in [0.717, 1.165) is 39.0 Å². The lowest BCUT2D eigenvalue weighted by Gasteiger charge is -2.35. The van der Waals surface area contributed by atoms with Crippen LogP contribution in [0.5, 0.6) is 0 Å². The smallest absolute Gasteiger partial charge is 0.0767 e. The van der Waals surface area contributed by atoms with Crippen molar-refractivity contribution in [1.82, 2.24) is 14.7 Å². The lowest BCUT2D eigenvalue weighted by molar-refractivity contribution is 0.154. The first kappa shape index (κ1) is 15.0. The van der Waals surface area contributed by atoms with Crippen molar-refractivity contribution in [3.05, 3.63) is 15.9 Å². The molecule has 2 heterocycles. The van der Waals surface area contributed by atoms with E-state index in [4.69, 9.17) is 5.73 Å². The molecule has 0 spiro atoms. The average molecular weight is 329 g/mol. The monoisotopic (exact) mass is 328 g/mol. The quantitative estimate of drug-likeness (QED) is 0.923. The molecule has 0 aromatic carbocycles. The Bertz CT molecular complexity index is 429. The molecule has 1 aromatic rings. The Hall–Kier alpha value is -0.390. The van der Waals surface area contributed by atoms with E-state index in [1.165, 1.54) is 15.9 Å². The second kappa shape index (κ2) is 6.37. The van der Waals surface area contributed by atoms with Crippen molar-refractivity contribution in [3.63, 3.8) is 0 Å². The maximum absolute atomic E-state index is 6.09. The minimum atomic E-state index is 0.363. The van der Waals surface area contributed by atoms with Crippen molar-refractivity contribution < 1.29 is 0 Å². The number of rotatable bonds is 4. The molecular formula is C14H25BrN4. The number of piperidine rings is 1. The van der Waals surface area contributed by atoms with Gasteiger partial charge in [-0.3, -0.25) is 9.58 Å². The summed E-state index contributed by atoms with van der Waals surface area (Å²) in [7, 11) is 0. The standard InChI is InChI=1S/C14H25BrN4/c1-4-12-14(15)13(19(5-2)17-12)9-18-7-6-11(16)10(3)8-18/h10-11H,4-9,16H2,1-3H3. The Morgan fingerprint density at radius 3 is 2.74 bits per heavy atom. The highest BCUT2D eigenvalue weighted by molar-refractivity contribution is 9.10. The fourth-order valence-electron chi connectivity index (χ4n) is 2.77. The molecule has 0 amide bonds. The molecule has 0 saturated carbocycles. The Balaban J connectivity index is 2.12. The first-order valence-electron chi connectivity index (χ1n) is 7.28. The number of hydrogen-bond donors (Lipinski definition) is 1. The van der Waals surface area contributed by atoms with Gasteiger partial charge in [0, 0.05) is 32.2 Å². The molecule has 108 valence electrons. The third-order valence-electron chi connectivity index (χ3n) is 4.12. The number of nitrogens with zero attached hydrogens (tertiary/aromatic N) is 3. The van der Waals surface area contributed by atoms with Gasteiger partial charge in [-0.1, -0.05) is 13.8 Å². The van der Waals surface area contributed by atoms with Gasteiger partial charge in [-0.15, -0.1) is 0 Å². The van der Waals surface area contributed by atoms with Gasteiger partial charge >= 0.3 is 0 Å². The molecule has 2 unspecified atom stereocenters. The van der Waals surface area contributed by atoms with Gasteiger partial charge in [-0.25, -0.2) is 0 Å². The first-order chi connectivity index (χ1) is 9.06. The van der Waals surface area contributed by atoms with Crippen LogP contribution in [0.15, 0.2) is 4.47 Å². The van der Waals surface area contributed by atoms with Crippen LogP contribution < -0.4 is 5.73 Å². The predicted octanol–water partition coefficient (Wildman–Crippen LogP) is 2.40. The molecule has 0 aliphatic carbocycles. The lowest BCUT2D eigenvalue weighted by Crippen LogP contribution is -2.45. The fourth-order valence-corrected chi connectivity index (χ4v) is 3.46. The van der Waals surface area contributed by atoms with Crippen LogP contribution in [0.25, 0.3) is 0 Å². The summed E-state index contributed by atoms with van der Waals surface area (Å²) >= 11 is 3.72. The van der Waals surface area contributed by atoms with E-state index in [2.05, 4.69) is 51.4 Å². The summed E-state index contributed by atoms with van der Waals surface area (Å²) in [4.78, 5) is 2.50. The van der Waals surface area contributed by atoms with E-state index < -0.39 is 0 Å². The molecule has 2 N–H and O–H groups in total. The minimum Gasteiger partial charge on any atom is -0.327 e. The Morgan fingerprint density at radius 2 is 2.16 bits per heavy atom. The van der Waals surface area contributed by atoms with E-state index in [0.29, 0.717) is 12.0 Å². The van der Waals surface area contributed by atoms with Gasteiger partial charge in [0.2, 0.25) is 0 Å². The topological polar surface area (TPSA) is 47.1 Å². The van der Waals surface area contributed by atoms with Crippen LogP contribution in [-0.2, 0) is 19.5 Å². The second-order valence-electron chi connectivity index (χ2n) is 5.54. The lowest BCUT2D eigenvalue weighted by atomic mass is 9.95. The Kier molecular flexibility index (Phi) is 5.03. The minimum absolute atomic E-state index is 0.363. The van der Waals surface area contributed by atoms with Crippen molar-refractivity contribution >= 4 is 15.9 Å². The number of likely N-dealkylation sites (tertiary alicyclic amines) is 1. The Morgan fingerprint density at radius 1 is 1.42 bits per heavy atom. The van der Waals surface area contributed by atoms with Gasteiger partial charge in [0.1, 0.15) is 0 Å². The zero-order valence-electron chi connectivity index (χ0n) is 12.2. The molecule has 1 fully saturated rings. The highest BCUT2D eigenvalue weighted by Gasteiger charge is 2.25. The third kappa shape index (κ3) is 3.20. The predicted molar refractivity (Wildman–Crippen MR) is 82.0 cm³/mol. The highest BCUT2D eigenvalue weighted by Crippen LogP contribution is 2.25.